The Morgan fingerprint density at radius 1 is 1.11 bits per heavy atom. The van der Waals surface area contributed by atoms with Crippen LogP contribution in [-0.2, 0) is 33.8 Å². The molecule has 0 spiro atoms. The van der Waals surface area contributed by atoms with Gasteiger partial charge in [-0.3, -0.25) is 14.4 Å². The number of fused-ring (bicyclic) bond motifs is 2. The van der Waals surface area contributed by atoms with E-state index in [9.17, 15) is 14.4 Å². The van der Waals surface area contributed by atoms with Gasteiger partial charge in [0.2, 0.25) is 17.7 Å². The SMILES string of the molecule is CC[C@H](C)[C@@H]1NC(=O)CCCN(C(=O)Cc2coc3cc(C)c(Cl)c(C)c23)CCn2nc(C)nc2[C@H](Cc2ccccc2)NC1=O. The minimum atomic E-state index is -0.706. The molecular weight excluding hydrogens is 604 g/mol. The van der Waals surface area contributed by atoms with Crippen LogP contribution in [0.15, 0.2) is 47.1 Å². The molecule has 10 nitrogen and oxygen atoms in total. The highest BCUT2D eigenvalue weighted by molar-refractivity contribution is 6.33. The summed E-state index contributed by atoms with van der Waals surface area (Å²) < 4.78 is 7.62. The van der Waals surface area contributed by atoms with Gasteiger partial charge in [0.15, 0.2) is 0 Å². The zero-order valence-electron chi connectivity index (χ0n) is 27.2. The molecule has 1 aliphatic heterocycles. The van der Waals surface area contributed by atoms with Gasteiger partial charge in [0.1, 0.15) is 23.3 Å². The number of nitrogens with one attached hydrogen (secondary N) is 2. The van der Waals surface area contributed by atoms with E-state index in [1.807, 2.05) is 71.0 Å². The van der Waals surface area contributed by atoms with E-state index in [1.165, 1.54) is 0 Å². The Bertz CT molecular complexity index is 1710. The Hall–Kier alpha value is -4.18. The number of carbonyl (C=O) groups excluding carboxylic acids is 3. The Labute approximate surface area is 274 Å². The molecule has 3 atom stereocenters. The van der Waals surface area contributed by atoms with Crippen molar-refractivity contribution < 1.29 is 18.8 Å². The fraction of sp³-hybridized carbons (Fsp3) is 0.457. The van der Waals surface area contributed by atoms with E-state index in [0.717, 1.165) is 27.6 Å². The van der Waals surface area contributed by atoms with Gasteiger partial charge >= 0.3 is 0 Å². The predicted molar refractivity (Wildman–Crippen MR) is 177 cm³/mol. The maximum atomic E-state index is 13.9. The summed E-state index contributed by atoms with van der Waals surface area (Å²) in [4.78, 5) is 47.3. The molecule has 0 fully saturated rings. The highest BCUT2D eigenvalue weighted by Crippen LogP contribution is 2.33. The van der Waals surface area contributed by atoms with Gasteiger partial charge < -0.3 is 20.0 Å². The predicted octanol–water partition coefficient (Wildman–Crippen LogP) is 5.40. The second-order valence-corrected chi connectivity index (χ2v) is 12.7. The summed E-state index contributed by atoms with van der Waals surface area (Å²) in [5.74, 6) is 0.542. The van der Waals surface area contributed by atoms with Crippen LogP contribution in [0.5, 0.6) is 0 Å². The second-order valence-electron chi connectivity index (χ2n) is 12.3. The quantitative estimate of drug-likeness (QED) is 0.289. The molecule has 4 aromatic rings. The standard InChI is InChI=1S/C35H43ClN6O4/c1-6-21(2)33-35(45)38-27(18-25-11-8-7-9-12-25)34-37-24(5)40-42(34)16-15-41(14-10-13-29(43)39-33)30(44)19-26-20-46-28-17-22(3)32(36)23(4)31(26)28/h7-9,11-12,17,20-21,27,33H,6,10,13-16,18-19H2,1-5H3,(H,38,45)(H,39,43)/t21-,27-,33-/m0/s1. The Morgan fingerprint density at radius 2 is 1.87 bits per heavy atom. The number of nitrogens with zero attached hydrogens (tertiary/aromatic N) is 4. The van der Waals surface area contributed by atoms with Crippen molar-refractivity contribution in [3.8, 4) is 0 Å². The van der Waals surface area contributed by atoms with Crippen LogP contribution in [0.2, 0.25) is 5.02 Å². The van der Waals surface area contributed by atoms with Crippen LogP contribution in [0.4, 0.5) is 0 Å². The monoisotopic (exact) mass is 646 g/mol. The van der Waals surface area contributed by atoms with E-state index in [1.54, 1.807) is 15.8 Å². The lowest BCUT2D eigenvalue weighted by atomic mass is 9.97. The van der Waals surface area contributed by atoms with E-state index in [-0.39, 0.29) is 36.5 Å². The number of hydrogen-bond donors (Lipinski definition) is 2. The van der Waals surface area contributed by atoms with Gasteiger partial charge in [-0.2, -0.15) is 5.10 Å². The highest BCUT2D eigenvalue weighted by Gasteiger charge is 2.31. The molecular formula is C35H43ClN6O4. The molecule has 46 heavy (non-hydrogen) atoms. The number of aromatic nitrogens is 3. The summed E-state index contributed by atoms with van der Waals surface area (Å²) in [6.07, 6.45) is 3.60. The molecule has 0 unspecified atom stereocenters. The molecule has 2 aromatic heterocycles. The number of furan rings is 1. The van der Waals surface area contributed by atoms with Crippen LogP contribution in [0.25, 0.3) is 11.0 Å². The van der Waals surface area contributed by atoms with Gasteiger partial charge in [0, 0.05) is 35.5 Å². The largest absolute Gasteiger partial charge is 0.464 e. The van der Waals surface area contributed by atoms with Gasteiger partial charge in [-0.1, -0.05) is 62.2 Å². The Balaban J connectivity index is 1.46. The second kappa shape index (κ2) is 14.5. The van der Waals surface area contributed by atoms with E-state index in [4.69, 9.17) is 21.0 Å². The molecule has 11 heteroatoms. The third-order valence-corrected chi connectivity index (χ3v) is 9.51. The van der Waals surface area contributed by atoms with Crippen LogP contribution in [0.3, 0.4) is 0 Å². The zero-order valence-corrected chi connectivity index (χ0v) is 28.0. The highest BCUT2D eigenvalue weighted by atomic mass is 35.5. The first-order valence-electron chi connectivity index (χ1n) is 16.0. The van der Waals surface area contributed by atoms with Gasteiger partial charge in [0.25, 0.3) is 0 Å². The number of hydrogen-bond acceptors (Lipinski definition) is 6. The number of halogens is 1. The summed E-state index contributed by atoms with van der Waals surface area (Å²) in [5, 5.41) is 12.4. The fourth-order valence-electron chi connectivity index (χ4n) is 6.18. The maximum absolute atomic E-state index is 13.9. The number of rotatable bonds is 6. The van der Waals surface area contributed by atoms with Gasteiger partial charge in [-0.15, -0.1) is 0 Å². The van der Waals surface area contributed by atoms with Crippen molar-refractivity contribution in [3.63, 3.8) is 0 Å². The number of benzene rings is 2. The van der Waals surface area contributed by atoms with Crippen LogP contribution in [0.1, 0.15) is 73.1 Å². The molecule has 0 radical (unpaired) electrons. The van der Waals surface area contributed by atoms with Crippen LogP contribution >= 0.6 is 11.6 Å². The molecule has 3 heterocycles. The van der Waals surface area contributed by atoms with Crippen molar-refractivity contribution in [1.82, 2.24) is 30.3 Å². The van der Waals surface area contributed by atoms with Crippen molar-refractivity contribution in [2.75, 3.05) is 13.1 Å². The Kier molecular flexibility index (Phi) is 10.5. The lowest BCUT2D eigenvalue weighted by Gasteiger charge is -2.28. The summed E-state index contributed by atoms with van der Waals surface area (Å²) in [6.45, 7) is 10.8. The van der Waals surface area contributed by atoms with Crippen molar-refractivity contribution in [1.29, 1.82) is 0 Å². The smallest absolute Gasteiger partial charge is 0.243 e. The molecule has 0 saturated heterocycles. The van der Waals surface area contributed by atoms with Crippen molar-refractivity contribution in [3.05, 3.63) is 81.6 Å². The molecule has 244 valence electrons. The molecule has 2 aromatic carbocycles. The molecule has 5 rings (SSSR count). The lowest BCUT2D eigenvalue weighted by molar-refractivity contribution is -0.132. The Morgan fingerprint density at radius 3 is 2.61 bits per heavy atom. The molecule has 2 N–H and O–H groups in total. The van der Waals surface area contributed by atoms with Crippen LogP contribution in [0, 0.1) is 26.7 Å². The molecule has 3 amide bonds. The number of aryl methyl sites for hydroxylation is 3. The molecule has 0 aliphatic carbocycles. The average molecular weight is 647 g/mol. The lowest BCUT2D eigenvalue weighted by Crippen LogP contribution is -2.51. The first kappa shape index (κ1) is 33.2. The molecule has 0 bridgehead atoms. The number of carbonyl (C=O) groups is 3. The van der Waals surface area contributed by atoms with E-state index >= 15 is 0 Å². The van der Waals surface area contributed by atoms with Gasteiger partial charge in [-0.25, -0.2) is 9.67 Å². The van der Waals surface area contributed by atoms with Crippen LogP contribution < -0.4 is 10.6 Å². The summed E-state index contributed by atoms with van der Waals surface area (Å²) >= 11 is 6.56. The third kappa shape index (κ3) is 7.44. The maximum Gasteiger partial charge on any atom is 0.243 e. The average Bonchev–Trinajstić information content (AvgIpc) is 3.61. The first-order chi connectivity index (χ1) is 22.0. The minimum Gasteiger partial charge on any atom is -0.464 e. The number of amides is 3. The first-order valence-corrected chi connectivity index (χ1v) is 16.4. The van der Waals surface area contributed by atoms with Crippen molar-refractivity contribution >= 4 is 40.3 Å². The van der Waals surface area contributed by atoms with Gasteiger partial charge in [0.05, 0.1) is 25.3 Å². The summed E-state index contributed by atoms with van der Waals surface area (Å²) in [5.41, 5.74) is 4.31. The molecule has 0 saturated carbocycles. The third-order valence-electron chi connectivity index (χ3n) is 8.93. The zero-order chi connectivity index (χ0) is 33.0. The van der Waals surface area contributed by atoms with E-state index < -0.39 is 12.1 Å². The molecule has 1 aliphatic rings. The minimum absolute atomic E-state index is 0.0857. The fourth-order valence-corrected chi connectivity index (χ4v) is 6.33. The van der Waals surface area contributed by atoms with Crippen molar-refractivity contribution in [2.45, 2.75) is 85.4 Å². The topological polar surface area (TPSA) is 122 Å². The normalized spacial score (nSPS) is 18.9. The van der Waals surface area contributed by atoms with E-state index in [2.05, 4.69) is 15.7 Å². The summed E-state index contributed by atoms with van der Waals surface area (Å²) in [6, 6.07) is 10.6. The van der Waals surface area contributed by atoms with Gasteiger partial charge in [-0.05, 0) is 62.3 Å². The van der Waals surface area contributed by atoms with Crippen molar-refractivity contribution in [2.24, 2.45) is 5.92 Å². The van der Waals surface area contributed by atoms with Crippen LogP contribution in [-0.4, -0.2) is 56.5 Å². The summed E-state index contributed by atoms with van der Waals surface area (Å²) in [7, 11) is 0. The van der Waals surface area contributed by atoms with E-state index in [0.29, 0.717) is 61.2 Å².